The molecule has 0 fully saturated rings. The SMILES string of the molecule is Cc1ccc2ccc(C(=O)N3CCN=C3Nc3c(Cl)cccc3Cl)nc2c1. The largest absolute Gasteiger partial charge is 0.323 e. The minimum Gasteiger partial charge on any atom is -0.323 e. The fraction of sp³-hybridized carbons (Fsp3) is 0.150. The van der Waals surface area contributed by atoms with Crippen LogP contribution in [0.3, 0.4) is 0 Å². The number of anilines is 1. The van der Waals surface area contributed by atoms with Gasteiger partial charge in [-0.1, -0.05) is 47.5 Å². The molecular weight excluding hydrogens is 383 g/mol. The Hall–Kier alpha value is -2.63. The van der Waals surface area contributed by atoms with Gasteiger partial charge in [-0.2, -0.15) is 0 Å². The fourth-order valence-corrected chi connectivity index (χ4v) is 3.46. The predicted molar refractivity (Wildman–Crippen MR) is 110 cm³/mol. The number of benzene rings is 2. The number of halogens is 2. The second-order valence-corrected chi connectivity index (χ2v) is 7.09. The first-order chi connectivity index (χ1) is 13.0. The molecule has 1 aliphatic rings. The van der Waals surface area contributed by atoms with Crippen molar-refractivity contribution in [3.63, 3.8) is 0 Å². The number of hydrogen-bond donors (Lipinski definition) is 1. The summed E-state index contributed by atoms with van der Waals surface area (Å²) in [6, 6.07) is 14.8. The van der Waals surface area contributed by atoms with Gasteiger partial charge in [0.25, 0.3) is 5.91 Å². The Morgan fingerprint density at radius 2 is 1.85 bits per heavy atom. The van der Waals surface area contributed by atoms with Crippen LogP contribution in [-0.2, 0) is 0 Å². The second kappa shape index (κ2) is 7.18. The van der Waals surface area contributed by atoms with Crippen LogP contribution < -0.4 is 5.32 Å². The molecule has 27 heavy (non-hydrogen) atoms. The molecule has 0 unspecified atom stereocenters. The van der Waals surface area contributed by atoms with Crippen molar-refractivity contribution in [3.8, 4) is 0 Å². The van der Waals surface area contributed by atoms with E-state index in [1.807, 2.05) is 31.2 Å². The number of aliphatic imine (C=N–C) groups is 1. The maximum atomic E-state index is 13.0. The number of aromatic nitrogens is 1. The molecule has 0 spiro atoms. The third-order valence-electron chi connectivity index (χ3n) is 4.35. The van der Waals surface area contributed by atoms with Gasteiger partial charge in [0.1, 0.15) is 5.69 Å². The number of hydrogen-bond acceptors (Lipinski definition) is 4. The molecule has 7 heteroatoms. The fourth-order valence-electron chi connectivity index (χ4n) is 2.97. The highest BCUT2D eigenvalue weighted by Crippen LogP contribution is 2.30. The molecule has 0 bridgehead atoms. The van der Waals surface area contributed by atoms with Crippen LogP contribution in [0, 0.1) is 6.92 Å². The standard InChI is InChI=1S/C20H16Cl2N4O/c1-12-5-6-13-7-8-16(24-17(13)11-12)19(27)26-10-9-23-20(26)25-18-14(21)3-2-4-15(18)22/h2-8,11H,9-10H2,1H3,(H,23,25). The van der Waals surface area contributed by atoms with Gasteiger partial charge in [-0.05, 0) is 36.8 Å². The molecule has 0 aliphatic carbocycles. The van der Waals surface area contributed by atoms with Crippen LogP contribution >= 0.6 is 23.2 Å². The average Bonchev–Trinajstić information content (AvgIpc) is 3.12. The molecule has 2 aromatic carbocycles. The zero-order valence-electron chi connectivity index (χ0n) is 14.5. The minimum absolute atomic E-state index is 0.217. The molecule has 0 atom stereocenters. The molecular formula is C20H16Cl2N4O. The number of para-hydroxylation sites is 1. The van der Waals surface area contributed by atoms with Gasteiger partial charge in [0.2, 0.25) is 5.96 Å². The van der Waals surface area contributed by atoms with E-state index in [0.717, 1.165) is 16.5 Å². The monoisotopic (exact) mass is 398 g/mol. The van der Waals surface area contributed by atoms with E-state index < -0.39 is 0 Å². The lowest BCUT2D eigenvalue weighted by atomic mass is 10.1. The number of carbonyl (C=O) groups excluding carboxylic acids is 1. The summed E-state index contributed by atoms with van der Waals surface area (Å²) in [6.07, 6.45) is 0. The maximum Gasteiger partial charge on any atom is 0.279 e. The van der Waals surface area contributed by atoms with Gasteiger partial charge in [0.05, 0.1) is 27.8 Å². The summed E-state index contributed by atoms with van der Waals surface area (Å²) >= 11 is 12.4. The molecule has 1 aromatic heterocycles. The van der Waals surface area contributed by atoms with Crippen LogP contribution in [0.5, 0.6) is 0 Å². The number of pyridine rings is 1. The molecule has 3 aromatic rings. The Bertz CT molecular complexity index is 1060. The molecule has 136 valence electrons. The van der Waals surface area contributed by atoms with E-state index in [9.17, 15) is 4.79 Å². The highest BCUT2D eigenvalue weighted by molar-refractivity contribution is 6.40. The lowest BCUT2D eigenvalue weighted by Gasteiger charge is -2.20. The number of nitrogens with zero attached hydrogens (tertiary/aromatic N) is 3. The van der Waals surface area contributed by atoms with Crippen LogP contribution in [0.4, 0.5) is 5.69 Å². The summed E-state index contributed by atoms with van der Waals surface area (Å²) in [5.74, 6) is 0.200. The smallest absolute Gasteiger partial charge is 0.279 e. The highest BCUT2D eigenvalue weighted by atomic mass is 35.5. The second-order valence-electron chi connectivity index (χ2n) is 6.28. The van der Waals surface area contributed by atoms with Gasteiger partial charge in [0.15, 0.2) is 0 Å². The molecule has 0 radical (unpaired) electrons. The molecule has 1 N–H and O–H groups in total. The number of fused-ring (bicyclic) bond motifs is 1. The average molecular weight is 399 g/mol. The summed E-state index contributed by atoms with van der Waals surface area (Å²) < 4.78 is 0. The number of amides is 1. The number of carbonyl (C=O) groups is 1. The summed E-state index contributed by atoms with van der Waals surface area (Å²) in [7, 11) is 0. The van der Waals surface area contributed by atoms with Crippen molar-refractivity contribution in [1.29, 1.82) is 0 Å². The number of rotatable bonds is 2. The van der Waals surface area contributed by atoms with Gasteiger partial charge in [0, 0.05) is 11.9 Å². The third-order valence-corrected chi connectivity index (χ3v) is 4.98. The highest BCUT2D eigenvalue weighted by Gasteiger charge is 2.27. The topological polar surface area (TPSA) is 57.6 Å². The number of aryl methyl sites for hydroxylation is 1. The Morgan fingerprint density at radius 1 is 1.11 bits per heavy atom. The number of nitrogens with one attached hydrogen (secondary N) is 1. The molecule has 4 rings (SSSR count). The van der Waals surface area contributed by atoms with Crippen LogP contribution in [0.2, 0.25) is 10.0 Å². The van der Waals surface area contributed by atoms with Gasteiger partial charge < -0.3 is 5.32 Å². The van der Waals surface area contributed by atoms with Crippen molar-refractivity contribution in [2.45, 2.75) is 6.92 Å². The zero-order chi connectivity index (χ0) is 19.0. The normalized spacial score (nSPS) is 13.7. The van der Waals surface area contributed by atoms with E-state index in [0.29, 0.717) is 40.5 Å². The lowest BCUT2D eigenvalue weighted by Crippen LogP contribution is -2.38. The third kappa shape index (κ3) is 3.48. The van der Waals surface area contributed by atoms with E-state index in [4.69, 9.17) is 23.2 Å². The maximum absolute atomic E-state index is 13.0. The first-order valence-corrected chi connectivity index (χ1v) is 9.23. The van der Waals surface area contributed by atoms with E-state index >= 15 is 0 Å². The zero-order valence-corrected chi connectivity index (χ0v) is 16.1. The van der Waals surface area contributed by atoms with E-state index in [-0.39, 0.29) is 5.91 Å². The van der Waals surface area contributed by atoms with E-state index in [1.54, 1.807) is 29.2 Å². The molecule has 0 saturated heterocycles. The first kappa shape index (κ1) is 17.8. The Balaban J connectivity index is 1.62. The number of guanidine groups is 1. The summed E-state index contributed by atoms with van der Waals surface area (Å²) in [5.41, 5.74) is 2.79. The van der Waals surface area contributed by atoms with Crippen molar-refractivity contribution in [3.05, 3.63) is 69.8 Å². The molecule has 1 aliphatic heterocycles. The van der Waals surface area contributed by atoms with Crippen LogP contribution in [0.1, 0.15) is 16.1 Å². The predicted octanol–water partition coefficient (Wildman–Crippen LogP) is 4.77. The van der Waals surface area contributed by atoms with Crippen molar-refractivity contribution in [1.82, 2.24) is 9.88 Å². The molecule has 2 heterocycles. The van der Waals surface area contributed by atoms with Gasteiger partial charge >= 0.3 is 0 Å². The van der Waals surface area contributed by atoms with Gasteiger partial charge in [-0.3, -0.25) is 14.7 Å². The molecule has 1 amide bonds. The van der Waals surface area contributed by atoms with E-state index in [1.165, 1.54) is 0 Å². The summed E-state index contributed by atoms with van der Waals surface area (Å²) in [6.45, 7) is 2.97. The Labute approximate surface area is 166 Å². The van der Waals surface area contributed by atoms with Crippen molar-refractivity contribution in [2.24, 2.45) is 4.99 Å². The molecule has 5 nitrogen and oxygen atoms in total. The van der Waals surface area contributed by atoms with Crippen molar-refractivity contribution >= 4 is 51.7 Å². The van der Waals surface area contributed by atoms with Gasteiger partial charge in [-0.15, -0.1) is 0 Å². The minimum atomic E-state index is -0.217. The van der Waals surface area contributed by atoms with Gasteiger partial charge in [-0.25, -0.2) is 4.98 Å². The van der Waals surface area contributed by atoms with Crippen molar-refractivity contribution in [2.75, 3.05) is 18.4 Å². The first-order valence-electron chi connectivity index (χ1n) is 8.48. The Morgan fingerprint density at radius 3 is 2.63 bits per heavy atom. The summed E-state index contributed by atoms with van der Waals surface area (Å²) in [5, 5.41) is 5.01. The quantitative estimate of drug-likeness (QED) is 0.675. The van der Waals surface area contributed by atoms with Crippen LogP contribution in [0.15, 0.2) is 53.5 Å². The van der Waals surface area contributed by atoms with E-state index in [2.05, 4.69) is 15.3 Å². The Kier molecular flexibility index (Phi) is 4.72. The van der Waals surface area contributed by atoms with Crippen LogP contribution in [-0.4, -0.2) is 34.8 Å². The molecule has 0 saturated carbocycles. The van der Waals surface area contributed by atoms with Crippen molar-refractivity contribution < 1.29 is 4.79 Å². The summed E-state index contributed by atoms with van der Waals surface area (Å²) in [4.78, 5) is 23.5. The van der Waals surface area contributed by atoms with Crippen LogP contribution in [0.25, 0.3) is 10.9 Å². The lowest BCUT2D eigenvalue weighted by molar-refractivity contribution is 0.0852.